The molecule has 4 heterocycles. The Morgan fingerprint density at radius 2 is 2.21 bits per heavy atom. The van der Waals surface area contributed by atoms with Crippen LogP contribution in [0.4, 0.5) is 5.82 Å². The average Bonchev–Trinajstić information content (AvgIpc) is 3.33. The standard InChI is InChI=1S/C20H25ClN6O2/c1-14-17(15-3-7-22-16(21)11-15)24-25-18(14)23-19(26(2)13-28)27-8-4-20(5-9-27)6-10-29-12-20/h3,7,11,13H,4-6,8-10,12H2,1-2H3,(H,24,25). The lowest BCUT2D eigenvalue weighted by atomic mass is 9.78. The number of nitrogens with one attached hydrogen (secondary N) is 1. The van der Waals surface area contributed by atoms with Crippen LogP contribution in [0, 0.1) is 12.3 Å². The van der Waals surface area contributed by atoms with Crippen LogP contribution in [0.1, 0.15) is 24.8 Å². The summed E-state index contributed by atoms with van der Waals surface area (Å²) in [6, 6.07) is 3.65. The SMILES string of the molecule is Cc1c(N=C(N(C)C=O)N2CCC3(CCOC3)CC2)n[nH]c1-c1ccnc(Cl)c1. The molecule has 0 atom stereocenters. The second-order valence-corrected chi connectivity index (χ2v) is 8.22. The fourth-order valence-corrected chi connectivity index (χ4v) is 4.25. The molecule has 0 aliphatic carbocycles. The zero-order chi connectivity index (χ0) is 20.4. The van der Waals surface area contributed by atoms with Gasteiger partial charge in [-0.2, -0.15) is 10.1 Å². The summed E-state index contributed by atoms with van der Waals surface area (Å²) >= 11 is 6.02. The Hall–Kier alpha value is -2.45. The summed E-state index contributed by atoms with van der Waals surface area (Å²) in [7, 11) is 1.72. The highest BCUT2D eigenvalue weighted by Gasteiger charge is 2.39. The number of guanidine groups is 1. The van der Waals surface area contributed by atoms with Gasteiger partial charge in [0.1, 0.15) is 5.15 Å². The van der Waals surface area contributed by atoms with Gasteiger partial charge in [0.25, 0.3) is 0 Å². The molecule has 2 fully saturated rings. The van der Waals surface area contributed by atoms with Gasteiger partial charge in [-0.25, -0.2) is 4.98 Å². The molecule has 2 aliphatic rings. The summed E-state index contributed by atoms with van der Waals surface area (Å²) in [6.07, 6.45) is 5.64. The number of piperidine rings is 1. The van der Waals surface area contributed by atoms with Gasteiger partial charge in [0.05, 0.1) is 12.3 Å². The van der Waals surface area contributed by atoms with E-state index in [1.165, 1.54) is 4.90 Å². The lowest BCUT2D eigenvalue weighted by Gasteiger charge is -2.40. The first-order valence-corrected chi connectivity index (χ1v) is 10.2. The summed E-state index contributed by atoms with van der Waals surface area (Å²) in [4.78, 5) is 24.0. The van der Waals surface area contributed by atoms with Crippen molar-refractivity contribution in [2.24, 2.45) is 10.4 Å². The van der Waals surface area contributed by atoms with Gasteiger partial charge in [-0.15, -0.1) is 0 Å². The van der Waals surface area contributed by atoms with Crippen molar-refractivity contribution in [3.8, 4) is 11.3 Å². The number of pyridine rings is 1. The molecule has 0 unspecified atom stereocenters. The lowest BCUT2D eigenvalue weighted by Crippen LogP contribution is -2.48. The Morgan fingerprint density at radius 1 is 1.41 bits per heavy atom. The number of carbonyl (C=O) groups excluding carboxylic acids is 1. The summed E-state index contributed by atoms with van der Waals surface area (Å²) in [5, 5.41) is 7.83. The maximum absolute atomic E-state index is 11.5. The van der Waals surface area contributed by atoms with Crippen LogP contribution in [0.3, 0.4) is 0 Å². The average molecular weight is 417 g/mol. The van der Waals surface area contributed by atoms with E-state index in [4.69, 9.17) is 21.3 Å². The maximum atomic E-state index is 11.5. The Balaban J connectivity index is 1.60. The molecular weight excluding hydrogens is 392 g/mol. The molecule has 2 aromatic heterocycles. The molecule has 2 saturated heterocycles. The topological polar surface area (TPSA) is 86.7 Å². The normalized spacial score (nSPS) is 19.0. The Labute approximate surface area is 174 Å². The van der Waals surface area contributed by atoms with Gasteiger partial charge in [0, 0.05) is 44.1 Å². The molecule has 4 rings (SSSR count). The van der Waals surface area contributed by atoms with E-state index in [2.05, 4.69) is 20.1 Å². The number of carbonyl (C=O) groups is 1. The number of H-pyrrole nitrogens is 1. The third kappa shape index (κ3) is 4.00. The minimum atomic E-state index is 0.289. The molecule has 29 heavy (non-hydrogen) atoms. The number of nitrogens with zero attached hydrogens (tertiary/aromatic N) is 5. The molecule has 2 aromatic rings. The highest BCUT2D eigenvalue weighted by atomic mass is 35.5. The zero-order valence-corrected chi connectivity index (χ0v) is 17.4. The number of halogens is 1. The minimum absolute atomic E-state index is 0.289. The monoisotopic (exact) mass is 416 g/mol. The molecule has 1 amide bonds. The number of amides is 1. The fourth-order valence-electron chi connectivity index (χ4n) is 4.08. The van der Waals surface area contributed by atoms with Gasteiger partial charge in [-0.05, 0) is 43.7 Å². The zero-order valence-electron chi connectivity index (χ0n) is 16.7. The summed E-state index contributed by atoms with van der Waals surface area (Å²) in [5.41, 5.74) is 2.91. The van der Waals surface area contributed by atoms with Crippen LogP contribution in [-0.4, -0.2) is 70.7 Å². The molecule has 2 aliphatic heterocycles. The van der Waals surface area contributed by atoms with Crippen molar-refractivity contribution in [1.82, 2.24) is 25.0 Å². The molecule has 0 aromatic carbocycles. The van der Waals surface area contributed by atoms with Crippen LogP contribution >= 0.6 is 11.6 Å². The molecule has 154 valence electrons. The number of likely N-dealkylation sites (tertiary alicyclic amines) is 1. The molecular formula is C20H25ClN6O2. The van der Waals surface area contributed by atoms with Crippen LogP contribution in [-0.2, 0) is 9.53 Å². The Kier molecular flexibility index (Phi) is 5.56. The molecule has 0 saturated carbocycles. The number of rotatable bonds is 3. The molecule has 1 spiro atoms. The van der Waals surface area contributed by atoms with Crippen molar-refractivity contribution in [1.29, 1.82) is 0 Å². The van der Waals surface area contributed by atoms with Gasteiger partial charge in [-0.3, -0.25) is 14.8 Å². The third-order valence-electron chi connectivity index (χ3n) is 5.97. The van der Waals surface area contributed by atoms with E-state index in [0.29, 0.717) is 16.9 Å². The Morgan fingerprint density at radius 3 is 2.86 bits per heavy atom. The van der Waals surface area contributed by atoms with Crippen molar-refractivity contribution >= 4 is 29.8 Å². The molecule has 9 heteroatoms. The number of aliphatic imine (C=N–C) groups is 1. The van der Waals surface area contributed by atoms with Crippen molar-refractivity contribution in [2.75, 3.05) is 33.4 Å². The van der Waals surface area contributed by atoms with Gasteiger partial charge in [-0.1, -0.05) is 11.6 Å². The number of hydrogen-bond acceptors (Lipinski definition) is 5. The quantitative estimate of drug-likeness (QED) is 0.359. The molecule has 0 bridgehead atoms. The highest BCUT2D eigenvalue weighted by Crippen LogP contribution is 2.39. The van der Waals surface area contributed by atoms with Gasteiger partial charge >= 0.3 is 0 Å². The van der Waals surface area contributed by atoms with E-state index in [9.17, 15) is 4.79 Å². The Bertz CT molecular complexity index is 911. The van der Waals surface area contributed by atoms with Crippen LogP contribution in [0.5, 0.6) is 0 Å². The third-order valence-corrected chi connectivity index (χ3v) is 6.18. The number of aromatic nitrogens is 3. The number of ether oxygens (including phenoxy) is 1. The summed E-state index contributed by atoms with van der Waals surface area (Å²) in [5.74, 6) is 1.17. The summed E-state index contributed by atoms with van der Waals surface area (Å²) < 4.78 is 5.62. The second-order valence-electron chi connectivity index (χ2n) is 7.83. The van der Waals surface area contributed by atoms with Crippen molar-refractivity contribution in [3.05, 3.63) is 29.0 Å². The lowest BCUT2D eigenvalue weighted by molar-refractivity contribution is -0.114. The molecule has 1 N–H and O–H groups in total. The largest absolute Gasteiger partial charge is 0.381 e. The van der Waals surface area contributed by atoms with Crippen LogP contribution in [0.25, 0.3) is 11.3 Å². The van der Waals surface area contributed by atoms with Gasteiger partial charge in [0.2, 0.25) is 12.4 Å². The van der Waals surface area contributed by atoms with E-state index in [-0.39, 0.29) is 5.41 Å². The van der Waals surface area contributed by atoms with Crippen molar-refractivity contribution in [3.63, 3.8) is 0 Å². The van der Waals surface area contributed by atoms with E-state index in [0.717, 1.165) is 68.8 Å². The second kappa shape index (κ2) is 8.12. The maximum Gasteiger partial charge on any atom is 0.216 e. The number of aromatic amines is 1. The van der Waals surface area contributed by atoms with Crippen LogP contribution < -0.4 is 0 Å². The van der Waals surface area contributed by atoms with Gasteiger partial charge < -0.3 is 9.64 Å². The van der Waals surface area contributed by atoms with Crippen molar-refractivity contribution in [2.45, 2.75) is 26.2 Å². The predicted octanol–water partition coefficient (Wildman–Crippen LogP) is 3.01. The van der Waals surface area contributed by atoms with Crippen molar-refractivity contribution < 1.29 is 9.53 Å². The smallest absolute Gasteiger partial charge is 0.216 e. The van der Waals surface area contributed by atoms with E-state index in [1.807, 2.05) is 13.0 Å². The van der Waals surface area contributed by atoms with Gasteiger partial charge in [0.15, 0.2) is 5.82 Å². The number of hydrogen-bond donors (Lipinski definition) is 1. The minimum Gasteiger partial charge on any atom is -0.381 e. The summed E-state index contributed by atoms with van der Waals surface area (Å²) in [6.45, 7) is 5.33. The van der Waals surface area contributed by atoms with E-state index in [1.54, 1.807) is 19.3 Å². The fraction of sp³-hybridized carbons (Fsp3) is 0.500. The van der Waals surface area contributed by atoms with Crippen LogP contribution in [0.15, 0.2) is 23.3 Å². The first kappa shape index (κ1) is 19.8. The van der Waals surface area contributed by atoms with E-state index >= 15 is 0 Å². The van der Waals surface area contributed by atoms with E-state index < -0.39 is 0 Å². The first-order valence-electron chi connectivity index (χ1n) is 9.78. The molecule has 8 nitrogen and oxygen atoms in total. The first-order chi connectivity index (χ1) is 14.0. The highest BCUT2D eigenvalue weighted by molar-refractivity contribution is 6.29. The molecule has 0 radical (unpaired) electrons. The predicted molar refractivity (Wildman–Crippen MR) is 111 cm³/mol. The van der Waals surface area contributed by atoms with Crippen LogP contribution in [0.2, 0.25) is 5.15 Å².